The number of carbonyl (C=O) groups is 1. The highest BCUT2D eigenvalue weighted by atomic mass is 32.1. The van der Waals surface area contributed by atoms with Crippen molar-refractivity contribution in [1.82, 2.24) is 5.32 Å². The molecule has 0 spiro atoms. The summed E-state index contributed by atoms with van der Waals surface area (Å²) < 4.78 is 12.9. The maximum Gasteiger partial charge on any atom is 0.225 e. The number of thiophene rings is 1. The van der Waals surface area contributed by atoms with Crippen molar-refractivity contribution >= 4 is 17.2 Å². The largest absolute Gasteiger partial charge is 0.353 e. The molecule has 0 aliphatic heterocycles. The highest BCUT2D eigenvalue weighted by molar-refractivity contribution is 7.10. The van der Waals surface area contributed by atoms with E-state index >= 15 is 0 Å². The van der Waals surface area contributed by atoms with Gasteiger partial charge in [-0.15, -0.1) is 11.3 Å². The fraction of sp³-hybridized carbons (Fsp3) is 0.545. The highest BCUT2D eigenvalue weighted by Gasteiger charge is 2.25. The second-order valence-electron chi connectivity index (χ2n) is 3.93. The first-order valence-corrected chi connectivity index (χ1v) is 6.08. The van der Waals surface area contributed by atoms with Crippen molar-refractivity contribution in [2.75, 3.05) is 0 Å². The van der Waals surface area contributed by atoms with Gasteiger partial charge in [-0.2, -0.15) is 0 Å². The van der Waals surface area contributed by atoms with Gasteiger partial charge in [0.2, 0.25) is 5.91 Å². The Kier molecular flexibility index (Phi) is 3.36. The van der Waals surface area contributed by atoms with Crippen LogP contribution in [0.2, 0.25) is 0 Å². The fourth-order valence-electron chi connectivity index (χ4n) is 1.91. The normalized spacial score (nSPS) is 25.4. The molecule has 1 aliphatic rings. The zero-order chi connectivity index (χ0) is 10.7. The third-order valence-corrected chi connectivity index (χ3v) is 3.53. The van der Waals surface area contributed by atoms with E-state index in [1.807, 2.05) is 17.5 Å². The van der Waals surface area contributed by atoms with Gasteiger partial charge in [0.15, 0.2) is 0 Å². The van der Waals surface area contributed by atoms with Crippen molar-refractivity contribution in [2.24, 2.45) is 0 Å². The lowest BCUT2D eigenvalue weighted by atomic mass is 10.2. The van der Waals surface area contributed by atoms with Crippen LogP contribution in [0.5, 0.6) is 0 Å². The van der Waals surface area contributed by atoms with E-state index in [0.29, 0.717) is 19.3 Å². The molecule has 2 unspecified atom stereocenters. The van der Waals surface area contributed by atoms with Crippen LogP contribution in [0, 0.1) is 0 Å². The van der Waals surface area contributed by atoms with Crippen LogP contribution >= 0.6 is 11.3 Å². The van der Waals surface area contributed by atoms with Crippen molar-refractivity contribution in [1.29, 1.82) is 0 Å². The predicted octanol–water partition coefficient (Wildman–Crippen LogP) is 2.30. The van der Waals surface area contributed by atoms with Gasteiger partial charge in [-0.3, -0.25) is 4.79 Å². The van der Waals surface area contributed by atoms with Gasteiger partial charge in [-0.25, -0.2) is 4.39 Å². The number of amides is 1. The van der Waals surface area contributed by atoms with E-state index in [1.54, 1.807) is 11.3 Å². The van der Waals surface area contributed by atoms with Crippen LogP contribution < -0.4 is 5.32 Å². The van der Waals surface area contributed by atoms with E-state index in [1.165, 1.54) is 0 Å². The summed E-state index contributed by atoms with van der Waals surface area (Å²) in [5.74, 6) is 0.0107. The van der Waals surface area contributed by atoms with E-state index in [9.17, 15) is 9.18 Å². The molecule has 2 atom stereocenters. The molecule has 1 fully saturated rings. The van der Waals surface area contributed by atoms with Crippen LogP contribution in [0.4, 0.5) is 4.39 Å². The van der Waals surface area contributed by atoms with Crippen LogP contribution in [0.3, 0.4) is 0 Å². The van der Waals surface area contributed by atoms with Gasteiger partial charge in [-0.05, 0) is 30.7 Å². The minimum absolute atomic E-state index is 0.0107. The molecule has 0 radical (unpaired) electrons. The van der Waals surface area contributed by atoms with E-state index in [4.69, 9.17) is 0 Å². The number of carbonyl (C=O) groups excluding carboxylic acids is 1. The Morgan fingerprint density at radius 3 is 3.07 bits per heavy atom. The van der Waals surface area contributed by atoms with E-state index in [0.717, 1.165) is 11.3 Å². The number of alkyl halides is 1. The summed E-state index contributed by atoms with van der Waals surface area (Å²) in [6, 6.07) is 3.92. The molecule has 15 heavy (non-hydrogen) atoms. The Balaban J connectivity index is 1.78. The first kappa shape index (κ1) is 10.6. The first-order valence-electron chi connectivity index (χ1n) is 5.20. The molecule has 2 nitrogen and oxygen atoms in total. The van der Waals surface area contributed by atoms with Crippen molar-refractivity contribution < 1.29 is 9.18 Å². The topological polar surface area (TPSA) is 29.1 Å². The SMILES string of the molecule is O=C(Cc1cccs1)NC1CCC(F)C1. The first-order chi connectivity index (χ1) is 7.24. The fourth-order valence-corrected chi connectivity index (χ4v) is 2.61. The zero-order valence-electron chi connectivity index (χ0n) is 8.41. The summed E-state index contributed by atoms with van der Waals surface area (Å²) in [5, 5.41) is 4.83. The summed E-state index contributed by atoms with van der Waals surface area (Å²) in [7, 11) is 0. The maximum absolute atomic E-state index is 12.9. The van der Waals surface area contributed by atoms with Gasteiger partial charge in [0.05, 0.1) is 6.42 Å². The second kappa shape index (κ2) is 4.75. The molecule has 1 aliphatic carbocycles. The monoisotopic (exact) mass is 227 g/mol. The Morgan fingerprint density at radius 1 is 1.60 bits per heavy atom. The zero-order valence-corrected chi connectivity index (χ0v) is 9.23. The molecule has 1 aromatic heterocycles. The summed E-state index contributed by atoms with van der Waals surface area (Å²) in [6.07, 6.45) is 1.54. The number of hydrogen-bond acceptors (Lipinski definition) is 2. The minimum atomic E-state index is -0.725. The Hall–Kier alpha value is -0.900. The van der Waals surface area contributed by atoms with Crippen LogP contribution in [0.1, 0.15) is 24.1 Å². The summed E-state index contributed by atoms with van der Waals surface area (Å²) in [4.78, 5) is 12.6. The lowest BCUT2D eigenvalue weighted by Gasteiger charge is -2.10. The number of nitrogens with one attached hydrogen (secondary N) is 1. The molecular weight excluding hydrogens is 213 g/mol. The maximum atomic E-state index is 12.9. The Labute approximate surface area is 92.5 Å². The molecule has 2 rings (SSSR count). The lowest BCUT2D eigenvalue weighted by molar-refractivity contribution is -0.121. The van der Waals surface area contributed by atoms with Crippen LogP contribution in [-0.2, 0) is 11.2 Å². The van der Waals surface area contributed by atoms with E-state index < -0.39 is 6.17 Å². The molecular formula is C11H14FNOS. The molecule has 4 heteroatoms. The Bertz CT molecular complexity index is 325. The van der Waals surface area contributed by atoms with Crippen molar-refractivity contribution in [3.63, 3.8) is 0 Å². The molecule has 1 heterocycles. The van der Waals surface area contributed by atoms with Gasteiger partial charge >= 0.3 is 0 Å². The highest BCUT2D eigenvalue weighted by Crippen LogP contribution is 2.21. The molecule has 0 saturated heterocycles. The molecule has 1 N–H and O–H groups in total. The van der Waals surface area contributed by atoms with Crippen molar-refractivity contribution in [3.8, 4) is 0 Å². The molecule has 0 aromatic carbocycles. The van der Waals surface area contributed by atoms with Crippen LogP contribution in [-0.4, -0.2) is 18.1 Å². The third kappa shape index (κ3) is 3.02. The molecule has 1 aromatic rings. The Morgan fingerprint density at radius 2 is 2.47 bits per heavy atom. The third-order valence-electron chi connectivity index (χ3n) is 2.65. The summed E-state index contributed by atoms with van der Waals surface area (Å²) >= 11 is 1.57. The van der Waals surface area contributed by atoms with Gasteiger partial charge in [-0.1, -0.05) is 6.07 Å². The summed E-state index contributed by atoms with van der Waals surface area (Å²) in [6.45, 7) is 0. The molecule has 1 saturated carbocycles. The van der Waals surface area contributed by atoms with Gasteiger partial charge < -0.3 is 5.32 Å². The molecule has 1 amide bonds. The molecule has 0 bridgehead atoms. The van der Waals surface area contributed by atoms with Crippen molar-refractivity contribution in [3.05, 3.63) is 22.4 Å². The smallest absolute Gasteiger partial charge is 0.225 e. The van der Waals surface area contributed by atoms with E-state index in [2.05, 4.69) is 5.32 Å². The van der Waals surface area contributed by atoms with Crippen molar-refractivity contribution in [2.45, 2.75) is 37.9 Å². The van der Waals surface area contributed by atoms with Gasteiger partial charge in [0, 0.05) is 10.9 Å². The molecule has 82 valence electrons. The van der Waals surface area contributed by atoms with Gasteiger partial charge in [0.25, 0.3) is 0 Å². The number of halogens is 1. The van der Waals surface area contributed by atoms with E-state index in [-0.39, 0.29) is 11.9 Å². The average Bonchev–Trinajstić information content (AvgIpc) is 2.77. The lowest BCUT2D eigenvalue weighted by Crippen LogP contribution is -2.34. The standard InChI is InChI=1S/C11H14FNOS/c12-8-3-4-9(6-8)13-11(14)7-10-2-1-5-15-10/h1-2,5,8-9H,3-4,6-7H2,(H,13,14). The summed E-state index contributed by atoms with van der Waals surface area (Å²) in [5.41, 5.74) is 0. The number of hydrogen-bond donors (Lipinski definition) is 1. The number of rotatable bonds is 3. The van der Waals surface area contributed by atoms with Crippen LogP contribution in [0.15, 0.2) is 17.5 Å². The quantitative estimate of drug-likeness (QED) is 0.843. The van der Waals surface area contributed by atoms with Gasteiger partial charge in [0.1, 0.15) is 6.17 Å². The van der Waals surface area contributed by atoms with Crippen LogP contribution in [0.25, 0.3) is 0 Å². The minimum Gasteiger partial charge on any atom is -0.353 e. The predicted molar refractivity (Wildman–Crippen MR) is 58.7 cm³/mol. The second-order valence-corrected chi connectivity index (χ2v) is 4.96. The average molecular weight is 227 g/mol.